The zero-order chi connectivity index (χ0) is 13.7. The van der Waals surface area contributed by atoms with Gasteiger partial charge in [0.1, 0.15) is 16.8 Å². The lowest BCUT2D eigenvalue weighted by Crippen LogP contribution is -1.93. The van der Waals surface area contributed by atoms with E-state index in [0.29, 0.717) is 27.8 Å². The van der Waals surface area contributed by atoms with Crippen LogP contribution in [0.2, 0.25) is 0 Å². The number of imidazole rings is 1. The van der Waals surface area contributed by atoms with E-state index >= 15 is 0 Å². The minimum absolute atomic E-state index is 0.225. The number of aryl methyl sites for hydroxylation is 1. The zero-order valence-electron chi connectivity index (χ0n) is 10.5. The quantitative estimate of drug-likeness (QED) is 0.686. The lowest BCUT2D eigenvalue weighted by molar-refractivity contribution is 0.174. The van der Waals surface area contributed by atoms with E-state index < -0.39 is 0 Å². The molecule has 0 fully saturated rings. The van der Waals surface area contributed by atoms with Gasteiger partial charge >= 0.3 is 0 Å². The van der Waals surface area contributed by atoms with Crippen molar-refractivity contribution in [3.8, 4) is 28.8 Å². The van der Waals surface area contributed by atoms with Crippen LogP contribution in [0.1, 0.15) is 10.7 Å². The van der Waals surface area contributed by atoms with Crippen molar-refractivity contribution >= 4 is 16.3 Å². The zero-order valence-corrected chi connectivity index (χ0v) is 11.3. The normalized spacial score (nSPS) is 12.8. The molecule has 0 atom stereocenters. The van der Waals surface area contributed by atoms with Crippen molar-refractivity contribution in [1.29, 1.82) is 5.26 Å². The first-order chi connectivity index (χ1) is 9.76. The Bertz CT molecular complexity index is 874. The number of hydrogen-bond donors (Lipinski definition) is 0. The predicted octanol–water partition coefficient (Wildman–Crippen LogP) is 2.37. The van der Waals surface area contributed by atoms with Crippen LogP contribution in [0.15, 0.2) is 18.2 Å². The maximum atomic E-state index is 9.37. The molecule has 1 aromatic carbocycles. The van der Waals surface area contributed by atoms with Gasteiger partial charge < -0.3 is 9.47 Å². The molecule has 0 saturated carbocycles. The van der Waals surface area contributed by atoms with Crippen LogP contribution in [0.4, 0.5) is 0 Å². The first kappa shape index (κ1) is 11.3. The Morgan fingerprint density at radius 1 is 1.35 bits per heavy atom. The van der Waals surface area contributed by atoms with Crippen molar-refractivity contribution in [1.82, 2.24) is 14.6 Å². The van der Waals surface area contributed by atoms with Crippen molar-refractivity contribution < 1.29 is 9.47 Å². The Kier molecular flexibility index (Phi) is 2.22. The third-order valence-electron chi connectivity index (χ3n) is 3.06. The lowest BCUT2D eigenvalue weighted by atomic mass is 10.1. The summed E-state index contributed by atoms with van der Waals surface area (Å²) in [5.74, 6) is 1.38. The van der Waals surface area contributed by atoms with Crippen LogP contribution < -0.4 is 9.47 Å². The second kappa shape index (κ2) is 3.95. The molecule has 1 aliphatic heterocycles. The molecule has 3 heterocycles. The van der Waals surface area contributed by atoms with Gasteiger partial charge in [0.25, 0.3) is 0 Å². The Labute approximate surface area is 117 Å². The maximum absolute atomic E-state index is 9.37. The topological polar surface area (TPSA) is 72.4 Å². The SMILES string of the molecule is Cc1nn2c(C#N)c(-c3ccc4c(c3)OCO4)nc2s1. The molecule has 20 heavy (non-hydrogen) atoms. The summed E-state index contributed by atoms with van der Waals surface area (Å²) in [4.78, 5) is 5.21. The molecule has 0 spiro atoms. The fraction of sp³-hybridized carbons (Fsp3) is 0.154. The number of hydrogen-bond acceptors (Lipinski definition) is 6. The fourth-order valence-corrected chi connectivity index (χ4v) is 2.93. The third-order valence-corrected chi connectivity index (χ3v) is 3.88. The molecule has 0 bridgehead atoms. The summed E-state index contributed by atoms with van der Waals surface area (Å²) in [6.07, 6.45) is 0. The summed E-state index contributed by atoms with van der Waals surface area (Å²) in [7, 11) is 0. The van der Waals surface area contributed by atoms with Gasteiger partial charge in [-0.05, 0) is 25.1 Å². The van der Waals surface area contributed by atoms with Gasteiger partial charge in [0, 0.05) is 5.56 Å². The van der Waals surface area contributed by atoms with Gasteiger partial charge in [0.05, 0.1) is 0 Å². The average Bonchev–Trinajstić information content (AvgIpc) is 3.10. The van der Waals surface area contributed by atoms with E-state index in [1.165, 1.54) is 11.3 Å². The third kappa shape index (κ3) is 1.49. The highest BCUT2D eigenvalue weighted by atomic mass is 32.1. The van der Waals surface area contributed by atoms with E-state index in [1.54, 1.807) is 4.52 Å². The number of nitriles is 1. The van der Waals surface area contributed by atoms with Crippen LogP contribution >= 0.6 is 11.3 Å². The summed E-state index contributed by atoms with van der Waals surface area (Å²) in [5, 5.41) is 14.5. The largest absolute Gasteiger partial charge is 0.454 e. The van der Waals surface area contributed by atoms with E-state index in [1.807, 2.05) is 25.1 Å². The number of rotatable bonds is 1. The summed E-state index contributed by atoms with van der Waals surface area (Å²) in [6.45, 7) is 2.11. The van der Waals surface area contributed by atoms with E-state index in [4.69, 9.17) is 9.47 Å². The summed E-state index contributed by atoms with van der Waals surface area (Å²) in [5.41, 5.74) is 1.87. The first-order valence-electron chi connectivity index (χ1n) is 5.92. The second-order valence-corrected chi connectivity index (χ2v) is 5.46. The Morgan fingerprint density at radius 2 is 2.20 bits per heavy atom. The van der Waals surface area contributed by atoms with Crippen molar-refractivity contribution in [2.45, 2.75) is 6.92 Å². The van der Waals surface area contributed by atoms with Crippen molar-refractivity contribution in [3.63, 3.8) is 0 Å². The van der Waals surface area contributed by atoms with Crippen LogP contribution in [-0.2, 0) is 0 Å². The standard InChI is InChI=1S/C13H8N4O2S/c1-7-16-17-9(5-14)12(15-13(17)20-7)8-2-3-10-11(4-8)19-6-18-10/h2-4H,6H2,1H3. The Morgan fingerprint density at radius 3 is 3.05 bits per heavy atom. The number of benzene rings is 1. The van der Waals surface area contributed by atoms with Gasteiger partial charge in [-0.25, -0.2) is 4.98 Å². The molecule has 4 rings (SSSR count). The highest BCUT2D eigenvalue weighted by molar-refractivity contribution is 7.16. The molecular formula is C13H8N4O2S. The van der Waals surface area contributed by atoms with Crippen LogP contribution in [-0.4, -0.2) is 21.4 Å². The first-order valence-corrected chi connectivity index (χ1v) is 6.74. The van der Waals surface area contributed by atoms with E-state index in [-0.39, 0.29) is 6.79 Å². The maximum Gasteiger partial charge on any atom is 0.231 e. The molecule has 3 aromatic rings. The second-order valence-electron chi connectivity index (χ2n) is 4.30. The van der Waals surface area contributed by atoms with Gasteiger partial charge in [-0.2, -0.15) is 14.9 Å². The molecule has 7 heteroatoms. The fourth-order valence-electron chi connectivity index (χ4n) is 2.19. The highest BCUT2D eigenvalue weighted by Gasteiger charge is 2.20. The van der Waals surface area contributed by atoms with Crippen molar-refractivity contribution in [2.24, 2.45) is 0 Å². The van der Waals surface area contributed by atoms with Gasteiger partial charge in [-0.1, -0.05) is 11.3 Å². The molecule has 0 N–H and O–H groups in total. The highest BCUT2D eigenvalue weighted by Crippen LogP contribution is 2.36. The molecule has 6 nitrogen and oxygen atoms in total. The summed E-state index contributed by atoms with van der Waals surface area (Å²) < 4.78 is 12.2. The van der Waals surface area contributed by atoms with Crippen molar-refractivity contribution in [3.05, 3.63) is 28.9 Å². The number of aromatic nitrogens is 3. The molecule has 0 aliphatic carbocycles. The van der Waals surface area contributed by atoms with E-state index in [0.717, 1.165) is 10.6 Å². The van der Waals surface area contributed by atoms with Crippen LogP contribution in [0.5, 0.6) is 11.5 Å². The minimum atomic E-state index is 0.225. The Hall–Kier alpha value is -2.59. The van der Waals surface area contributed by atoms with Crippen molar-refractivity contribution in [2.75, 3.05) is 6.79 Å². The van der Waals surface area contributed by atoms with Gasteiger partial charge in [-0.15, -0.1) is 0 Å². The molecule has 0 amide bonds. The van der Waals surface area contributed by atoms with E-state index in [9.17, 15) is 5.26 Å². The van der Waals surface area contributed by atoms with Gasteiger partial charge in [-0.3, -0.25) is 0 Å². The molecule has 1 aliphatic rings. The number of ether oxygens (including phenoxy) is 2. The summed E-state index contributed by atoms with van der Waals surface area (Å²) >= 11 is 1.46. The molecular weight excluding hydrogens is 276 g/mol. The molecule has 2 aromatic heterocycles. The van der Waals surface area contributed by atoms with Gasteiger partial charge in [0.2, 0.25) is 11.8 Å². The molecule has 0 unspecified atom stereocenters. The van der Waals surface area contributed by atoms with Gasteiger partial charge in [0.15, 0.2) is 17.2 Å². The van der Waals surface area contributed by atoms with Crippen LogP contribution in [0, 0.1) is 18.3 Å². The minimum Gasteiger partial charge on any atom is -0.454 e. The molecule has 98 valence electrons. The lowest BCUT2D eigenvalue weighted by Gasteiger charge is -2.00. The van der Waals surface area contributed by atoms with Crippen LogP contribution in [0.25, 0.3) is 16.2 Å². The molecule has 0 radical (unpaired) electrons. The predicted molar refractivity (Wildman–Crippen MR) is 71.9 cm³/mol. The molecule has 0 saturated heterocycles. The van der Waals surface area contributed by atoms with E-state index in [2.05, 4.69) is 16.2 Å². The summed E-state index contributed by atoms with van der Waals surface area (Å²) in [6, 6.07) is 7.70. The average molecular weight is 284 g/mol. The monoisotopic (exact) mass is 284 g/mol. The Balaban J connectivity index is 1.94. The number of fused-ring (bicyclic) bond motifs is 2. The number of nitrogens with zero attached hydrogens (tertiary/aromatic N) is 4. The smallest absolute Gasteiger partial charge is 0.231 e. The van der Waals surface area contributed by atoms with Crippen LogP contribution in [0.3, 0.4) is 0 Å².